The molecule has 0 aliphatic carbocycles. The van der Waals surface area contributed by atoms with Gasteiger partial charge >= 0.3 is 0 Å². The predicted molar refractivity (Wildman–Crippen MR) is 110 cm³/mol. The van der Waals surface area contributed by atoms with Crippen LogP contribution in [0.5, 0.6) is 5.75 Å². The van der Waals surface area contributed by atoms with Crippen LogP contribution in [0, 0.1) is 18.7 Å². The fourth-order valence-electron chi connectivity index (χ4n) is 3.25. The minimum atomic E-state index is -0.467. The average molecular weight is 413 g/mol. The van der Waals surface area contributed by atoms with Crippen LogP contribution < -0.4 is 20.3 Å². The third kappa shape index (κ3) is 4.94. The maximum Gasteiger partial charge on any atom is 0.251 e. The molecule has 8 heteroatoms. The normalized spacial score (nSPS) is 15.8. The fourth-order valence-corrected chi connectivity index (χ4v) is 3.25. The number of halogens is 1. The zero-order chi connectivity index (χ0) is 21.7. The lowest BCUT2D eigenvalue weighted by Gasteiger charge is -2.17. The van der Waals surface area contributed by atoms with Gasteiger partial charge in [-0.05, 0) is 36.8 Å². The van der Waals surface area contributed by atoms with Crippen LogP contribution in [0.3, 0.4) is 0 Å². The zero-order valence-electron chi connectivity index (χ0n) is 16.9. The molecule has 30 heavy (non-hydrogen) atoms. The van der Waals surface area contributed by atoms with Crippen LogP contribution in [0.1, 0.15) is 22.3 Å². The van der Waals surface area contributed by atoms with E-state index in [1.807, 2.05) is 0 Å². The van der Waals surface area contributed by atoms with Crippen molar-refractivity contribution in [3.63, 3.8) is 0 Å². The molecule has 0 bridgehead atoms. The lowest BCUT2D eigenvalue weighted by atomic mass is 10.1. The molecule has 0 unspecified atom stereocenters. The Morgan fingerprint density at radius 3 is 2.67 bits per heavy atom. The third-order valence-corrected chi connectivity index (χ3v) is 5.00. The summed E-state index contributed by atoms with van der Waals surface area (Å²) in [5.74, 6) is -1.06. The van der Waals surface area contributed by atoms with Gasteiger partial charge in [-0.15, -0.1) is 0 Å². The topological polar surface area (TPSA) is 87.7 Å². The first-order valence-electron chi connectivity index (χ1n) is 9.65. The molecule has 0 aromatic heterocycles. The molecule has 1 aliphatic rings. The Morgan fingerprint density at radius 1 is 1.17 bits per heavy atom. The summed E-state index contributed by atoms with van der Waals surface area (Å²) in [4.78, 5) is 38.4. The van der Waals surface area contributed by atoms with Crippen LogP contribution in [0.25, 0.3) is 0 Å². The lowest BCUT2D eigenvalue weighted by Crippen LogP contribution is -2.38. The van der Waals surface area contributed by atoms with Gasteiger partial charge in [-0.2, -0.15) is 0 Å². The Bertz CT molecular complexity index is 963. The van der Waals surface area contributed by atoms with E-state index in [1.165, 1.54) is 12.1 Å². The average Bonchev–Trinajstić information content (AvgIpc) is 3.14. The van der Waals surface area contributed by atoms with Crippen molar-refractivity contribution in [3.05, 3.63) is 59.4 Å². The number of aryl methyl sites for hydroxylation is 1. The highest BCUT2D eigenvalue weighted by molar-refractivity contribution is 6.00. The summed E-state index contributed by atoms with van der Waals surface area (Å²) < 4.78 is 18.7. The number of ether oxygens (including phenoxy) is 1. The maximum atomic E-state index is 13.6. The summed E-state index contributed by atoms with van der Waals surface area (Å²) in [5, 5.41) is 5.37. The van der Waals surface area contributed by atoms with E-state index in [0.29, 0.717) is 17.0 Å². The molecule has 1 heterocycles. The SMILES string of the molecule is COc1cccc(N2C[C@H](C(=O)NCCNC(=O)c3ccc(C)c(F)c3)CC2=O)c1. The molecular formula is C22H24FN3O4. The first-order valence-corrected chi connectivity index (χ1v) is 9.65. The second-order valence-electron chi connectivity index (χ2n) is 7.12. The molecule has 1 atom stereocenters. The molecular weight excluding hydrogens is 389 g/mol. The van der Waals surface area contributed by atoms with Crippen molar-refractivity contribution in [3.8, 4) is 5.75 Å². The first-order chi connectivity index (χ1) is 14.4. The van der Waals surface area contributed by atoms with Gasteiger partial charge < -0.3 is 20.3 Å². The number of rotatable bonds is 7. The van der Waals surface area contributed by atoms with Gasteiger partial charge in [-0.25, -0.2) is 4.39 Å². The number of nitrogens with one attached hydrogen (secondary N) is 2. The molecule has 2 N–H and O–H groups in total. The summed E-state index contributed by atoms with van der Waals surface area (Å²) in [6.07, 6.45) is 0.123. The second-order valence-corrected chi connectivity index (χ2v) is 7.12. The molecule has 2 aromatic carbocycles. The quantitative estimate of drug-likeness (QED) is 0.680. The molecule has 0 radical (unpaired) electrons. The number of benzene rings is 2. The van der Waals surface area contributed by atoms with Crippen molar-refractivity contribution in [2.75, 3.05) is 31.6 Å². The molecule has 0 saturated carbocycles. The van der Waals surface area contributed by atoms with Crippen molar-refractivity contribution in [1.82, 2.24) is 10.6 Å². The minimum absolute atomic E-state index is 0.123. The van der Waals surface area contributed by atoms with Gasteiger partial charge in [0, 0.05) is 43.4 Å². The highest BCUT2D eigenvalue weighted by Gasteiger charge is 2.35. The molecule has 7 nitrogen and oxygen atoms in total. The highest BCUT2D eigenvalue weighted by atomic mass is 19.1. The van der Waals surface area contributed by atoms with Gasteiger partial charge in [0.05, 0.1) is 13.0 Å². The van der Waals surface area contributed by atoms with Gasteiger partial charge in [-0.3, -0.25) is 14.4 Å². The van der Waals surface area contributed by atoms with Crippen LogP contribution in [0.4, 0.5) is 10.1 Å². The van der Waals surface area contributed by atoms with Crippen LogP contribution in [-0.4, -0.2) is 44.5 Å². The minimum Gasteiger partial charge on any atom is -0.497 e. The largest absolute Gasteiger partial charge is 0.497 e. The standard InChI is InChI=1S/C22H24FN3O4/c1-14-6-7-15(10-19(14)23)21(28)24-8-9-25-22(29)16-11-20(27)26(13-16)17-4-3-5-18(12-17)30-2/h3-7,10,12,16H,8-9,11,13H2,1-2H3,(H,24,28)(H,25,29)/t16-/m1/s1. The van der Waals surface area contributed by atoms with Crippen LogP contribution in [0.15, 0.2) is 42.5 Å². The van der Waals surface area contributed by atoms with Gasteiger partial charge in [0.15, 0.2) is 0 Å². The van der Waals surface area contributed by atoms with Crippen molar-refractivity contribution < 1.29 is 23.5 Å². The number of hydrogen-bond acceptors (Lipinski definition) is 4. The summed E-state index contributed by atoms with van der Waals surface area (Å²) in [6, 6.07) is 11.4. The van der Waals surface area contributed by atoms with Crippen LogP contribution in [0.2, 0.25) is 0 Å². The van der Waals surface area contributed by atoms with Crippen molar-refractivity contribution in [2.24, 2.45) is 5.92 Å². The summed E-state index contributed by atoms with van der Waals surface area (Å²) in [6.45, 7) is 2.31. The summed E-state index contributed by atoms with van der Waals surface area (Å²) in [7, 11) is 1.55. The van der Waals surface area contributed by atoms with E-state index >= 15 is 0 Å². The molecule has 3 rings (SSSR count). The summed E-state index contributed by atoms with van der Waals surface area (Å²) in [5.41, 5.74) is 1.37. The molecule has 2 aromatic rings. The number of carbonyl (C=O) groups is 3. The highest BCUT2D eigenvalue weighted by Crippen LogP contribution is 2.27. The number of nitrogens with zero attached hydrogens (tertiary/aromatic N) is 1. The van der Waals surface area contributed by atoms with Crippen molar-refractivity contribution in [1.29, 1.82) is 0 Å². The molecule has 1 saturated heterocycles. The monoisotopic (exact) mass is 413 g/mol. The lowest BCUT2D eigenvalue weighted by molar-refractivity contribution is -0.126. The Balaban J connectivity index is 1.46. The Labute approximate surface area is 174 Å². The zero-order valence-corrected chi connectivity index (χ0v) is 16.9. The van der Waals surface area contributed by atoms with Crippen LogP contribution in [-0.2, 0) is 9.59 Å². The molecule has 0 spiro atoms. The summed E-state index contributed by atoms with van der Waals surface area (Å²) >= 11 is 0. The molecule has 1 fully saturated rings. The van der Waals surface area contributed by atoms with E-state index in [-0.39, 0.29) is 43.4 Å². The number of anilines is 1. The predicted octanol–water partition coefficient (Wildman–Crippen LogP) is 2.04. The number of methoxy groups -OCH3 is 1. The molecule has 158 valence electrons. The number of hydrogen-bond donors (Lipinski definition) is 2. The first kappa shape index (κ1) is 21.3. The van der Waals surface area contributed by atoms with E-state index in [1.54, 1.807) is 49.3 Å². The second kappa shape index (κ2) is 9.39. The molecule has 3 amide bonds. The van der Waals surface area contributed by atoms with E-state index in [9.17, 15) is 18.8 Å². The fraction of sp³-hybridized carbons (Fsp3) is 0.318. The van der Waals surface area contributed by atoms with E-state index in [2.05, 4.69) is 10.6 Å². The van der Waals surface area contributed by atoms with Gasteiger partial charge in [-0.1, -0.05) is 12.1 Å². The van der Waals surface area contributed by atoms with Gasteiger partial charge in [0.1, 0.15) is 11.6 Å². The Kier molecular flexibility index (Phi) is 6.66. The maximum absolute atomic E-state index is 13.6. The van der Waals surface area contributed by atoms with Crippen molar-refractivity contribution in [2.45, 2.75) is 13.3 Å². The molecule has 1 aliphatic heterocycles. The number of amides is 3. The van der Waals surface area contributed by atoms with Gasteiger partial charge in [0.25, 0.3) is 5.91 Å². The van der Waals surface area contributed by atoms with E-state index in [0.717, 1.165) is 0 Å². The third-order valence-electron chi connectivity index (χ3n) is 5.00. The van der Waals surface area contributed by atoms with Crippen molar-refractivity contribution >= 4 is 23.4 Å². The Hall–Kier alpha value is -3.42. The van der Waals surface area contributed by atoms with Gasteiger partial charge in [0.2, 0.25) is 11.8 Å². The van der Waals surface area contributed by atoms with E-state index < -0.39 is 17.6 Å². The van der Waals surface area contributed by atoms with E-state index in [4.69, 9.17) is 4.74 Å². The Morgan fingerprint density at radius 2 is 1.93 bits per heavy atom. The smallest absolute Gasteiger partial charge is 0.251 e. The number of carbonyl (C=O) groups excluding carboxylic acids is 3. The van der Waals surface area contributed by atoms with Crippen LogP contribution >= 0.6 is 0 Å².